The van der Waals surface area contributed by atoms with Crippen LogP contribution >= 0.6 is 0 Å². The maximum Gasteiger partial charge on any atom is 0.338 e. The first-order valence-corrected chi connectivity index (χ1v) is 7.63. The molecule has 1 saturated carbocycles. The molecule has 0 radical (unpaired) electrons. The van der Waals surface area contributed by atoms with Gasteiger partial charge in [0.25, 0.3) is 0 Å². The quantitative estimate of drug-likeness (QED) is 0.849. The molecule has 1 N–H and O–H groups in total. The van der Waals surface area contributed by atoms with E-state index in [-0.39, 0.29) is 23.2 Å². The molecule has 1 amide bonds. The Kier molecular flexibility index (Phi) is 3.91. The van der Waals surface area contributed by atoms with E-state index >= 15 is 0 Å². The fourth-order valence-electron chi connectivity index (χ4n) is 2.47. The molecule has 5 heteroatoms. The molecular formula is C17H21NO4. The number of carbonyl (C=O) groups is 2. The molecule has 1 aliphatic carbocycles. The standard InChI is InChI=1S/C17H21NO4/c1-11-7-14(11)15(19)18-13-5-3-12(4-6-13)16(20)22-10-17(2)8-21-9-17/h3-6,11,14H,7-10H2,1-2H3,(H,18,19)/t11-,14+/m1/s1. The molecule has 1 aliphatic heterocycles. The molecule has 118 valence electrons. The number of anilines is 1. The number of esters is 1. The van der Waals surface area contributed by atoms with Gasteiger partial charge in [-0.15, -0.1) is 0 Å². The van der Waals surface area contributed by atoms with Crippen molar-refractivity contribution < 1.29 is 19.1 Å². The Hall–Kier alpha value is -1.88. The summed E-state index contributed by atoms with van der Waals surface area (Å²) in [4.78, 5) is 23.8. The Morgan fingerprint density at radius 3 is 2.45 bits per heavy atom. The Bertz CT molecular complexity index is 577. The molecule has 0 aromatic heterocycles. The van der Waals surface area contributed by atoms with Gasteiger partial charge in [0, 0.05) is 17.0 Å². The Balaban J connectivity index is 1.52. The number of rotatable bonds is 5. The van der Waals surface area contributed by atoms with Crippen molar-refractivity contribution in [3.05, 3.63) is 29.8 Å². The molecule has 1 saturated heterocycles. The summed E-state index contributed by atoms with van der Waals surface area (Å²) in [6, 6.07) is 6.81. The lowest BCUT2D eigenvalue weighted by Crippen LogP contribution is -2.44. The molecule has 1 aromatic carbocycles. The molecule has 22 heavy (non-hydrogen) atoms. The van der Waals surface area contributed by atoms with E-state index in [1.807, 2.05) is 6.92 Å². The highest BCUT2D eigenvalue weighted by atomic mass is 16.5. The summed E-state index contributed by atoms with van der Waals surface area (Å²) >= 11 is 0. The Morgan fingerprint density at radius 2 is 1.95 bits per heavy atom. The molecule has 0 bridgehead atoms. The van der Waals surface area contributed by atoms with Crippen molar-refractivity contribution in [1.29, 1.82) is 0 Å². The van der Waals surface area contributed by atoms with Crippen LogP contribution in [0.5, 0.6) is 0 Å². The van der Waals surface area contributed by atoms with E-state index in [4.69, 9.17) is 9.47 Å². The van der Waals surface area contributed by atoms with Crippen molar-refractivity contribution in [2.75, 3.05) is 25.1 Å². The van der Waals surface area contributed by atoms with Crippen LogP contribution in [0.1, 0.15) is 30.6 Å². The molecule has 0 unspecified atom stereocenters. The van der Waals surface area contributed by atoms with E-state index in [1.165, 1.54) is 0 Å². The first-order chi connectivity index (χ1) is 10.5. The average Bonchev–Trinajstić information content (AvgIpc) is 3.21. The van der Waals surface area contributed by atoms with Crippen molar-refractivity contribution in [2.24, 2.45) is 17.3 Å². The largest absolute Gasteiger partial charge is 0.461 e. The van der Waals surface area contributed by atoms with Crippen molar-refractivity contribution in [1.82, 2.24) is 0 Å². The third-order valence-corrected chi connectivity index (χ3v) is 4.29. The first kappa shape index (κ1) is 15.0. The van der Waals surface area contributed by atoms with Gasteiger partial charge in [-0.05, 0) is 36.6 Å². The summed E-state index contributed by atoms with van der Waals surface area (Å²) in [5, 5.41) is 2.87. The van der Waals surface area contributed by atoms with Crippen molar-refractivity contribution in [3.8, 4) is 0 Å². The topological polar surface area (TPSA) is 64.6 Å². The zero-order valence-corrected chi connectivity index (χ0v) is 12.9. The maximum atomic E-state index is 12.0. The zero-order valence-electron chi connectivity index (χ0n) is 12.9. The van der Waals surface area contributed by atoms with E-state index in [0.717, 1.165) is 6.42 Å². The molecule has 1 heterocycles. The van der Waals surface area contributed by atoms with E-state index in [2.05, 4.69) is 12.2 Å². The molecule has 2 aliphatic rings. The van der Waals surface area contributed by atoms with Crippen LogP contribution < -0.4 is 5.32 Å². The fraction of sp³-hybridized carbons (Fsp3) is 0.529. The van der Waals surface area contributed by atoms with Crippen LogP contribution in [0.2, 0.25) is 0 Å². The van der Waals surface area contributed by atoms with Crippen LogP contribution in [0.3, 0.4) is 0 Å². The highest BCUT2D eigenvalue weighted by Gasteiger charge is 2.39. The number of hydrogen-bond donors (Lipinski definition) is 1. The summed E-state index contributed by atoms with van der Waals surface area (Å²) < 4.78 is 10.4. The molecule has 0 spiro atoms. The monoisotopic (exact) mass is 303 g/mol. The van der Waals surface area contributed by atoms with Crippen LogP contribution in [-0.2, 0) is 14.3 Å². The maximum absolute atomic E-state index is 12.0. The second-order valence-corrected chi connectivity index (χ2v) is 6.77. The minimum absolute atomic E-state index is 0.0511. The first-order valence-electron chi connectivity index (χ1n) is 7.63. The number of carbonyl (C=O) groups excluding carboxylic acids is 2. The molecule has 1 aromatic rings. The van der Waals surface area contributed by atoms with Crippen LogP contribution in [-0.4, -0.2) is 31.7 Å². The molecule has 5 nitrogen and oxygen atoms in total. The third-order valence-electron chi connectivity index (χ3n) is 4.29. The van der Waals surface area contributed by atoms with Crippen LogP contribution in [0.25, 0.3) is 0 Å². The minimum Gasteiger partial charge on any atom is -0.461 e. The summed E-state index contributed by atoms with van der Waals surface area (Å²) in [6.07, 6.45) is 0.957. The fourth-order valence-corrected chi connectivity index (χ4v) is 2.47. The van der Waals surface area contributed by atoms with E-state index in [9.17, 15) is 9.59 Å². The second kappa shape index (κ2) is 5.72. The van der Waals surface area contributed by atoms with E-state index < -0.39 is 0 Å². The second-order valence-electron chi connectivity index (χ2n) is 6.77. The molecule has 3 rings (SSSR count). The van der Waals surface area contributed by atoms with Gasteiger partial charge in [-0.1, -0.05) is 13.8 Å². The van der Waals surface area contributed by atoms with Crippen LogP contribution in [0, 0.1) is 17.3 Å². The molecule has 2 atom stereocenters. The lowest BCUT2D eigenvalue weighted by molar-refractivity contribution is -0.127. The summed E-state index contributed by atoms with van der Waals surface area (Å²) in [6.45, 7) is 5.72. The van der Waals surface area contributed by atoms with Gasteiger partial charge in [-0.3, -0.25) is 4.79 Å². The van der Waals surface area contributed by atoms with Gasteiger partial charge in [0.1, 0.15) is 6.61 Å². The van der Waals surface area contributed by atoms with Gasteiger partial charge in [0.2, 0.25) is 5.91 Å². The SMILES string of the molecule is C[C@@H]1C[C@@H]1C(=O)Nc1ccc(C(=O)OCC2(C)COC2)cc1. The van der Waals surface area contributed by atoms with Gasteiger partial charge < -0.3 is 14.8 Å². The van der Waals surface area contributed by atoms with Crippen molar-refractivity contribution >= 4 is 17.6 Å². The molecular weight excluding hydrogens is 282 g/mol. The van der Waals surface area contributed by atoms with Gasteiger partial charge in [-0.2, -0.15) is 0 Å². The Labute approximate surface area is 130 Å². The van der Waals surface area contributed by atoms with E-state index in [1.54, 1.807) is 24.3 Å². The average molecular weight is 303 g/mol. The highest BCUT2D eigenvalue weighted by molar-refractivity contribution is 5.95. The zero-order chi connectivity index (χ0) is 15.7. The normalized spacial score (nSPS) is 25.0. The summed E-state index contributed by atoms with van der Waals surface area (Å²) in [7, 11) is 0. The van der Waals surface area contributed by atoms with Crippen LogP contribution in [0.4, 0.5) is 5.69 Å². The predicted molar refractivity (Wildman–Crippen MR) is 81.6 cm³/mol. The number of benzene rings is 1. The smallest absolute Gasteiger partial charge is 0.338 e. The van der Waals surface area contributed by atoms with E-state index in [0.29, 0.717) is 37.0 Å². The number of nitrogens with one attached hydrogen (secondary N) is 1. The summed E-state index contributed by atoms with van der Waals surface area (Å²) in [5.41, 5.74) is 1.14. The number of amides is 1. The van der Waals surface area contributed by atoms with Crippen molar-refractivity contribution in [2.45, 2.75) is 20.3 Å². The van der Waals surface area contributed by atoms with Gasteiger partial charge in [0.15, 0.2) is 0 Å². The van der Waals surface area contributed by atoms with Gasteiger partial charge in [0.05, 0.1) is 18.8 Å². The number of hydrogen-bond acceptors (Lipinski definition) is 4. The Morgan fingerprint density at radius 1 is 1.32 bits per heavy atom. The van der Waals surface area contributed by atoms with Gasteiger partial charge in [-0.25, -0.2) is 4.79 Å². The molecule has 2 fully saturated rings. The number of ether oxygens (including phenoxy) is 2. The van der Waals surface area contributed by atoms with Crippen LogP contribution in [0.15, 0.2) is 24.3 Å². The predicted octanol–water partition coefficient (Wildman–Crippen LogP) is 2.47. The van der Waals surface area contributed by atoms with Crippen molar-refractivity contribution in [3.63, 3.8) is 0 Å². The summed E-state index contributed by atoms with van der Waals surface area (Å²) in [5.74, 6) is 0.323. The van der Waals surface area contributed by atoms with Gasteiger partial charge >= 0.3 is 5.97 Å². The lowest BCUT2D eigenvalue weighted by atomic mass is 9.90. The highest BCUT2D eigenvalue weighted by Crippen LogP contribution is 2.38. The lowest BCUT2D eigenvalue weighted by Gasteiger charge is -2.37. The minimum atomic E-state index is -0.346. The third kappa shape index (κ3) is 3.30.